The summed E-state index contributed by atoms with van der Waals surface area (Å²) in [5.74, 6) is 1.65. The van der Waals surface area contributed by atoms with Crippen LogP contribution in [0.5, 0.6) is 5.75 Å². The Morgan fingerprint density at radius 1 is 1.00 bits per heavy atom. The van der Waals surface area contributed by atoms with E-state index in [0.29, 0.717) is 13.2 Å². The van der Waals surface area contributed by atoms with E-state index >= 15 is 0 Å². The van der Waals surface area contributed by atoms with Gasteiger partial charge in [0.1, 0.15) is 11.4 Å². The standard InChI is InChI=1S/C25H29N5O/c1-18-14-19(2)16-20(15-18)6-3-9-23-28-25-24(27-11-12-30(25)29-23)21-7-4-8-22(17-21)31-13-5-10-26/h4,7-8,11-12,14-17H,3,5-6,9-10,13,26H2,1-2H3. The molecular formula is C25H29N5O. The summed E-state index contributed by atoms with van der Waals surface area (Å²) < 4.78 is 7.60. The SMILES string of the molecule is Cc1cc(C)cc(CCCc2nc3c(-c4cccc(OCCCN)c4)nccn3n2)c1. The fourth-order valence-corrected chi connectivity index (χ4v) is 3.84. The molecule has 2 aromatic heterocycles. The zero-order valence-corrected chi connectivity index (χ0v) is 18.2. The molecule has 160 valence electrons. The number of benzene rings is 2. The Bertz CT molecular complexity index is 1150. The van der Waals surface area contributed by atoms with Gasteiger partial charge >= 0.3 is 0 Å². The van der Waals surface area contributed by atoms with Gasteiger partial charge in [-0.3, -0.25) is 4.98 Å². The summed E-state index contributed by atoms with van der Waals surface area (Å²) in [6, 6.07) is 14.7. The molecule has 0 radical (unpaired) electrons. The van der Waals surface area contributed by atoms with Gasteiger partial charge in [0.15, 0.2) is 11.5 Å². The van der Waals surface area contributed by atoms with E-state index in [4.69, 9.17) is 15.5 Å². The van der Waals surface area contributed by atoms with Crippen LogP contribution in [0.2, 0.25) is 0 Å². The molecule has 0 fully saturated rings. The Labute approximate surface area is 183 Å². The van der Waals surface area contributed by atoms with Gasteiger partial charge in [-0.1, -0.05) is 41.5 Å². The first-order valence-electron chi connectivity index (χ1n) is 10.8. The predicted molar refractivity (Wildman–Crippen MR) is 123 cm³/mol. The van der Waals surface area contributed by atoms with Gasteiger partial charge in [-0.25, -0.2) is 9.50 Å². The van der Waals surface area contributed by atoms with E-state index < -0.39 is 0 Å². The van der Waals surface area contributed by atoms with Crippen molar-refractivity contribution in [2.24, 2.45) is 5.73 Å². The van der Waals surface area contributed by atoms with E-state index in [1.807, 2.05) is 35.0 Å². The van der Waals surface area contributed by atoms with Crippen molar-refractivity contribution in [3.8, 4) is 17.0 Å². The van der Waals surface area contributed by atoms with Gasteiger partial charge in [0.25, 0.3) is 0 Å². The van der Waals surface area contributed by atoms with Gasteiger partial charge in [0.2, 0.25) is 0 Å². The van der Waals surface area contributed by atoms with Crippen molar-refractivity contribution in [1.82, 2.24) is 19.6 Å². The zero-order chi connectivity index (χ0) is 21.6. The minimum atomic E-state index is 0.604. The monoisotopic (exact) mass is 415 g/mol. The molecule has 0 aliphatic heterocycles. The quantitative estimate of drug-likeness (QED) is 0.412. The Hall–Kier alpha value is -3.25. The zero-order valence-electron chi connectivity index (χ0n) is 18.2. The molecule has 0 aliphatic rings. The molecule has 0 aliphatic carbocycles. The lowest BCUT2D eigenvalue weighted by molar-refractivity contribution is 0.313. The van der Waals surface area contributed by atoms with E-state index in [2.05, 4.69) is 42.1 Å². The van der Waals surface area contributed by atoms with E-state index in [0.717, 1.165) is 54.2 Å². The summed E-state index contributed by atoms with van der Waals surface area (Å²) in [6.45, 7) is 5.51. The molecule has 0 saturated carbocycles. The van der Waals surface area contributed by atoms with Gasteiger partial charge in [0, 0.05) is 24.4 Å². The van der Waals surface area contributed by atoms with Crippen LogP contribution in [0.15, 0.2) is 54.9 Å². The molecule has 2 N–H and O–H groups in total. The number of hydrogen-bond acceptors (Lipinski definition) is 5. The molecule has 6 heteroatoms. The molecule has 2 heterocycles. The molecule has 0 unspecified atom stereocenters. The summed E-state index contributed by atoms with van der Waals surface area (Å²) in [5.41, 5.74) is 12.1. The van der Waals surface area contributed by atoms with E-state index in [1.54, 1.807) is 6.20 Å². The summed E-state index contributed by atoms with van der Waals surface area (Å²) in [7, 11) is 0. The molecule has 0 bridgehead atoms. The van der Waals surface area contributed by atoms with E-state index in [1.165, 1.54) is 16.7 Å². The van der Waals surface area contributed by atoms with Crippen LogP contribution in [0.3, 0.4) is 0 Å². The van der Waals surface area contributed by atoms with Crippen molar-refractivity contribution in [3.05, 3.63) is 77.4 Å². The Morgan fingerprint density at radius 2 is 1.84 bits per heavy atom. The Kier molecular flexibility index (Phi) is 6.57. The predicted octanol–water partition coefficient (Wildman–Crippen LogP) is 4.31. The normalized spacial score (nSPS) is 11.2. The molecular weight excluding hydrogens is 386 g/mol. The first-order valence-corrected chi connectivity index (χ1v) is 10.8. The highest BCUT2D eigenvalue weighted by atomic mass is 16.5. The van der Waals surface area contributed by atoms with E-state index in [-0.39, 0.29) is 0 Å². The largest absolute Gasteiger partial charge is 0.494 e. The molecule has 2 aromatic carbocycles. The highest BCUT2D eigenvalue weighted by molar-refractivity contribution is 5.74. The van der Waals surface area contributed by atoms with Crippen molar-refractivity contribution < 1.29 is 4.74 Å². The second-order valence-electron chi connectivity index (χ2n) is 7.94. The second-order valence-corrected chi connectivity index (χ2v) is 7.94. The number of hydrogen-bond donors (Lipinski definition) is 1. The minimum absolute atomic E-state index is 0.604. The first-order chi connectivity index (χ1) is 15.1. The summed E-state index contributed by atoms with van der Waals surface area (Å²) in [6.07, 6.45) is 7.29. The third-order valence-electron chi connectivity index (χ3n) is 5.17. The van der Waals surface area contributed by atoms with Crippen LogP contribution < -0.4 is 10.5 Å². The number of ether oxygens (including phenoxy) is 1. The lowest BCUT2D eigenvalue weighted by Gasteiger charge is -2.07. The van der Waals surface area contributed by atoms with Crippen LogP contribution in [0.1, 0.15) is 35.4 Å². The number of aromatic nitrogens is 4. The highest BCUT2D eigenvalue weighted by Gasteiger charge is 2.12. The van der Waals surface area contributed by atoms with Gasteiger partial charge < -0.3 is 10.5 Å². The molecule has 4 aromatic rings. The van der Waals surface area contributed by atoms with E-state index in [9.17, 15) is 0 Å². The number of nitrogens with zero attached hydrogens (tertiary/aromatic N) is 4. The van der Waals surface area contributed by atoms with Gasteiger partial charge in [0.05, 0.1) is 6.61 Å². The average molecular weight is 416 g/mol. The lowest BCUT2D eigenvalue weighted by atomic mass is 10.0. The third kappa shape index (κ3) is 5.27. The molecule has 0 saturated heterocycles. The molecule has 0 amide bonds. The Balaban J connectivity index is 1.50. The summed E-state index contributed by atoms with van der Waals surface area (Å²) >= 11 is 0. The van der Waals surface area contributed by atoms with Crippen molar-refractivity contribution in [1.29, 1.82) is 0 Å². The summed E-state index contributed by atoms with van der Waals surface area (Å²) in [4.78, 5) is 9.37. The van der Waals surface area contributed by atoms with Crippen LogP contribution in [-0.4, -0.2) is 32.7 Å². The molecule has 31 heavy (non-hydrogen) atoms. The van der Waals surface area contributed by atoms with Crippen LogP contribution in [0, 0.1) is 13.8 Å². The lowest BCUT2D eigenvalue weighted by Crippen LogP contribution is -2.06. The average Bonchev–Trinajstić information content (AvgIpc) is 3.16. The topological polar surface area (TPSA) is 78.3 Å². The maximum Gasteiger partial charge on any atom is 0.181 e. The molecule has 4 rings (SSSR count). The van der Waals surface area contributed by atoms with Crippen molar-refractivity contribution in [2.45, 2.75) is 39.5 Å². The fourth-order valence-electron chi connectivity index (χ4n) is 3.84. The van der Waals surface area contributed by atoms with Crippen LogP contribution in [0.25, 0.3) is 16.9 Å². The first kappa shape index (κ1) is 21.0. The van der Waals surface area contributed by atoms with Crippen LogP contribution in [0.4, 0.5) is 0 Å². The van der Waals surface area contributed by atoms with Crippen molar-refractivity contribution in [3.63, 3.8) is 0 Å². The number of rotatable bonds is 9. The number of fused-ring (bicyclic) bond motifs is 1. The van der Waals surface area contributed by atoms with Gasteiger partial charge in [-0.05, 0) is 57.4 Å². The smallest absolute Gasteiger partial charge is 0.181 e. The highest BCUT2D eigenvalue weighted by Crippen LogP contribution is 2.25. The Morgan fingerprint density at radius 3 is 2.65 bits per heavy atom. The second kappa shape index (κ2) is 9.71. The van der Waals surface area contributed by atoms with Crippen LogP contribution >= 0.6 is 0 Å². The molecule has 0 atom stereocenters. The van der Waals surface area contributed by atoms with Crippen molar-refractivity contribution >= 4 is 5.65 Å². The minimum Gasteiger partial charge on any atom is -0.494 e. The maximum atomic E-state index is 5.79. The molecule has 0 spiro atoms. The summed E-state index contributed by atoms with van der Waals surface area (Å²) in [5, 5.41) is 4.67. The van der Waals surface area contributed by atoms with Gasteiger partial charge in [-0.15, -0.1) is 0 Å². The fraction of sp³-hybridized carbons (Fsp3) is 0.320. The number of nitrogens with two attached hydrogens (primary N) is 1. The maximum absolute atomic E-state index is 5.79. The molecule has 6 nitrogen and oxygen atoms in total. The van der Waals surface area contributed by atoms with Crippen molar-refractivity contribution in [2.75, 3.05) is 13.2 Å². The third-order valence-corrected chi connectivity index (χ3v) is 5.17. The number of aryl methyl sites for hydroxylation is 4. The van der Waals surface area contributed by atoms with Crippen LogP contribution in [-0.2, 0) is 12.8 Å². The van der Waals surface area contributed by atoms with Gasteiger partial charge in [-0.2, -0.15) is 5.10 Å².